The van der Waals surface area contributed by atoms with Gasteiger partial charge in [-0.15, -0.1) is 0 Å². The van der Waals surface area contributed by atoms with Crippen LogP contribution < -0.4 is 5.43 Å². The highest BCUT2D eigenvalue weighted by atomic mass is 16.3. The Morgan fingerprint density at radius 3 is 2.42 bits per heavy atom. The average molecular weight is 250 g/mol. The fraction of sp³-hybridized carbons (Fsp3) is 0.118. The Labute approximate surface area is 111 Å². The molecule has 0 bridgehead atoms. The predicted molar refractivity (Wildman–Crippen MR) is 77.4 cm³/mol. The summed E-state index contributed by atoms with van der Waals surface area (Å²) in [5.74, 6) is 0.655. The van der Waals surface area contributed by atoms with Gasteiger partial charge in [0.15, 0.2) is 5.43 Å². The monoisotopic (exact) mass is 250 g/mol. The van der Waals surface area contributed by atoms with E-state index in [4.69, 9.17) is 4.42 Å². The molecule has 0 N–H and O–H groups in total. The third-order valence-electron chi connectivity index (χ3n) is 3.31. The molecule has 0 fully saturated rings. The van der Waals surface area contributed by atoms with Crippen molar-refractivity contribution in [2.24, 2.45) is 0 Å². The van der Waals surface area contributed by atoms with Crippen LogP contribution in [-0.2, 0) is 0 Å². The lowest BCUT2D eigenvalue weighted by atomic mass is 10.0. The number of rotatable bonds is 1. The van der Waals surface area contributed by atoms with E-state index in [9.17, 15) is 4.79 Å². The molecular weight excluding hydrogens is 236 g/mol. The normalized spacial score (nSPS) is 10.8. The lowest BCUT2D eigenvalue weighted by Gasteiger charge is -2.07. The molecule has 0 radical (unpaired) electrons. The van der Waals surface area contributed by atoms with Gasteiger partial charge in [0.2, 0.25) is 0 Å². The Morgan fingerprint density at radius 1 is 0.947 bits per heavy atom. The van der Waals surface area contributed by atoms with E-state index in [0.717, 1.165) is 11.1 Å². The van der Waals surface area contributed by atoms with Crippen molar-refractivity contribution < 1.29 is 4.42 Å². The Kier molecular flexibility index (Phi) is 2.71. The molecule has 2 heteroatoms. The number of hydrogen-bond donors (Lipinski definition) is 0. The number of aryl methyl sites for hydroxylation is 1. The van der Waals surface area contributed by atoms with E-state index < -0.39 is 0 Å². The van der Waals surface area contributed by atoms with E-state index in [-0.39, 0.29) is 5.43 Å². The molecule has 0 spiro atoms. The third-order valence-corrected chi connectivity index (χ3v) is 3.31. The summed E-state index contributed by atoms with van der Waals surface area (Å²) in [5.41, 5.74) is 3.33. The lowest BCUT2D eigenvalue weighted by Crippen LogP contribution is -2.07. The summed E-state index contributed by atoms with van der Waals surface area (Å²) in [6.45, 7) is 3.79. The molecule has 0 amide bonds. The summed E-state index contributed by atoms with van der Waals surface area (Å²) in [6, 6.07) is 15.4. The molecule has 0 saturated heterocycles. The van der Waals surface area contributed by atoms with E-state index >= 15 is 0 Å². The topological polar surface area (TPSA) is 30.2 Å². The third kappa shape index (κ3) is 1.95. The first kappa shape index (κ1) is 11.7. The van der Waals surface area contributed by atoms with Crippen LogP contribution in [0.2, 0.25) is 0 Å². The lowest BCUT2D eigenvalue weighted by molar-refractivity contribution is 0.614. The second-order valence-electron chi connectivity index (χ2n) is 4.75. The van der Waals surface area contributed by atoms with Crippen LogP contribution in [0.3, 0.4) is 0 Å². The zero-order valence-corrected chi connectivity index (χ0v) is 10.9. The van der Waals surface area contributed by atoms with E-state index in [2.05, 4.69) is 0 Å². The van der Waals surface area contributed by atoms with Crippen molar-refractivity contribution in [2.45, 2.75) is 13.8 Å². The smallest absolute Gasteiger partial charge is 0.196 e. The van der Waals surface area contributed by atoms with Crippen LogP contribution in [0.5, 0.6) is 0 Å². The number of fused-ring (bicyclic) bond motifs is 1. The summed E-state index contributed by atoms with van der Waals surface area (Å²) in [5, 5.41) is 0.650. The molecule has 3 aromatic rings. The molecule has 0 atom stereocenters. The highest BCUT2D eigenvalue weighted by molar-refractivity contribution is 5.80. The van der Waals surface area contributed by atoms with Crippen molar-refractivity contribution in [3.63, 3.8) is 0 Å². The molecule has 1 aromatic heterocycles. The van der Waals surface area contributed by atoms with Gasteiger partial charge in [0.05, 0.1) is 5.39 Å². The summed E-state index contributed by atoms with van der Waals surface area (Å²) < 4.78 is 5.91. The van der Waals surface area contributed by atoms with Gasteiger partial charge in [-0.25, -0.2) is 0 Å². The average Bonchev–Trinajstić information content (AvgIpc) is 2.44. The van der Waals surface area contributed by atoms with Gasteiger partial charge in [0.1, 0.15) is 11.3 Å². The predicted octanol–water partition coefficient (Wildman–Crippen LogP) is 4.08. The van der Waals surface area contributed by atoms with E-state index in [1.807, 2.05) is 62.4 Å². The van der Waals surface area contributed by atoms with Crippen LogP contribution in [0.4, 0.5) is 0 Å². The summed E-state index contributed by atoms with van der Waals surface area (Å²) in [7, 11) is 0. The standard InChI is InChI=1S/C17H14O2/c1-11-8-9-15-14(10-11)16(18)12(2)17(19-15)13-6-4-3-5-7-13/h3-10H,1-2H3. The molecule has 19 heavy (non-hydrogen) atoms. The van der Waals surface area contributed by atoms with Crippen molar-refractivity contribution in [3.05, 3.63) is 69.9 Å². The molecule has 0 unspecified atom stereocenters. The van der Waals surface area contributed by atoms with Gasteiger partial charge in [-0.3, -0.25) is 4.79 Å². The molecule has 94 valence electrons. The highest BCUT2D eigenvalue weighted by Crippen LogP contribution is 2.25. The Morgan fingerprint density at radius 2 is 1.68 bits per heavy atom. The van der Waals surface area contributed by atoms with Crippen LogP contribution >= 0.6 is 0 Å². The quantitative estimate of drug-likeness (QED) is 0.651. The van der Waals surface area contributed by atoms with Crippen LogP contribution in [-0.4, -0.2) is 0 Å². The van der Waals surface area contributed by atoms with Crippen LogP contribution in [0.1, 0.15) is 11.1 Å². The first-order chi connectivity index (χ1) is 9.16. The Hall–Kier alpha value is -2.35. The minimum absolute atomic E-state index is 0.0452. The van der Waals surface area contributed by atoms with Gasteiger partial charge in [-0.1, -0.05) is 42.0 Å². The largest absolute Gasteiger partial charge is 0.456 e. The Balaban J connectivity index is 2.37. The highest BCUT2D eigenvalue weighted by Gasteiger charge is 2.12. The van der Waals surface area contributed by atoms with Crippen LogP contribution in [0.15, 0.2) is 57.7 Å². The molecule has 0 aliphatic rings. The Bertz CT molecular complexity index is 799. The molecule has 1 heterocycles. The second kappa shape index (κ2) is 4.39. The molecule has 3 rings (SSSR count). The van der Waals surface area contributed by atoms with Crippen molar-refractivity contribution in [1.82, 2.24) is 0 Å². The van der Waals surface area contributed by atoms with Gasteiger partial charge in [-0.2, -0.15) is 0 Å². The van der Waals surface area contributed by atoms with Gasteiger partial charge in [0.25, 0.3) is 0 Å². The second-order valence-corrected chi connectivity index (χ2v) is 4.75. The van der Waals surface area contributed by atoms with E-state index in [1.165, 1.54) is 0 Å². The minimum Gasteiger partial charge on any atom is -0.456 e. The first-order valence-electron chi connectivity index (χ1n) is 6.26. The van der Waals surface area contributed by atoms with Gasteiger partial charge in [0, 0.05) is 11.1 Å². The molecule has 0 aliphatic carbocycles. The van der Waals surface area contributed by atoms with Crippen molar-refractivity contribution in [2.75, 3.05) is 0 Å². The maximum Gasteiger partial charge on any atom is 0.196 e. The van der Waals surface area contributed by atoms with E-state index in [1.54, 1.807) is 0 Å². The van der Waals surface area contributed by atoms with Crippen molar-refractivity contribution >= 4 is 11.0 Å². The first-order valence-corrected chi connectivity index (χ1v) is 6.26. The fourth-order valence-electron chi connectivity index (χ4n) is 2.27. The summed E-state index contributed by atoms with van der Waals surface area (Å²) >= 11 is 0. The zero-order valence-electron chi connectivity index (χ0n) is 10.9. The molecular formula is C17H14O2. The SMILES string of the molecule is Cc1ccc2oc(-c3ccccc3)c(C)c(=O)c2c1. The molecule has 2 nitrogen and oxygen atoms in total. The van der Waals surface area contributed by atoms with E-state index in [0.29, 0.717) is 22.3 Å². The van der Waals surface area contributed by atoms with Crippen molar-refractivity contribution in [1.29, 1.82) is 0 Å². The fourth-order valence-corrected chi connectivity index (χ4v) is 2.27. The minimum atomic E-state index is 0.0452. The van der Waals surface area contributed by atoms with Crippen LogP contribution in [0.25, 0.3) is 22.3 Å². The molecule has 0 saturated carbocycles. The van der Waals surface area contributed by atoms with Crippen LogP contribution in [0, 0.1) is 13.8 Å². The summed E-state index contributed by atoms with van der Waals surface area (Å²) in [4.78, 5) is 12.4. The molecule has 0 aliphatic heterocycles. The van der Waals surface area contributed by atoms with Gasteiger partial charge in [-0.05, 0) is 26.0 Å². The molecule has 2 aromatic carbocycles. The summed E-state index contributed by atoms with van der Waals surface area (Å²) in [6.07, 6.45) is 0. The van der Waals surface area contributed by atoms with Gasteiger partial charge >= 0.3 is 0 Å². The number of hydrogen-bond acceptors (Lipinski definition) is 2. The maximum atomic E-state index is 12.4. The maximum absolute atomic E-state index is 12.4. The zero-order chi connectivity index (χ0) is 13.4. The van der Waals surface area contributed by atoms with Crippen molar-refractivity contribution in [3.8, 4) is 11.3 Å². The van der Waals surface area contributed by atoms with Gasteiger partial charge < -0.3 is 4.42 Å². The number of benzene rings is 2.